The molecule has 6 heteroatoms. The summed E-state index contributed by atoms with van der Waals surface area (Å²) < 4.78 is 5.34. The van der Waals surface area contributed by atoms with E-state index in [4.69, 9.17) is 9.40 Å². The minimum absolute atomic E-state index is 0.00624. The van der Waals surface area contributed by atoms with E-state index in [1.807, 2.05) is 19.1 Å². The van der Waals surface area contributed by atoms with Crippen molar-refractivity contribution in [2.45, 2.75) is 45.6 Å². The molecule has 3 aromatic heterocycles. The number of H-pyrrole nitrogens is 1. The molecule has 0 spiro atoms. The molecule has 25 heavy (non-hydrogen) atoms. The van der Waals surface area contributed by atoms with Crippen LogP contribution < -0.4 is 10.9 Å². The molecule has 0 fully saturated rings. The van der Waals surface area contributed by atoms with Gasteiger partial charge in [0.2, 0.25) is 0 Å². The van der Waals surface area contributed by atoms with Gasteiger partial charge in [-0.1, -0.05) is 6.92 Å². The molecule has 1 aliphatic rings. The number of hydrogen-bond donors (Lipinski definition) is 2. The molecule has 0 saturated heterocycles. The average Bonchev–Trinajstić information content (AvgIpc) is 3.21. The maximum Gasteiger partial charge on any atom is 0.259 e. The van der Waals surface area contributed by atoms with Crippen molar-refractivity contribution in [3.05, 3.63) is 50.8 Å². The highest BCUT2D eigenvalue weighted by Crippen LogP contribution is 2.35. The molecule has 5 nitrogen and oxygen atoms in total. The van der Waals surface area contributed by atoms with Crippen molar-refractivity contribution in [1.82, 2.24) is 15.3 Å². The highest BCUT2D eigenvalue weighted by atomic mass is 32.1. The van der Waals surface area contributed by atoms with Crippen LogP contribution in [0.25, 0.3) is 10.2 Å². The zero-order valence-electron chi connectivity index (χ0n) is 14.6. The van der Waals surface area contributed by atoms with E-state index >= 15 is 0 Å². The smallest absolute Gasteiger partial charge is 0.259 e. The van der Waals surface area contributed by atoms with Crippen LogP contribution in [-0.2, 0) is 19.3 Å². The van der Waals surface area contributed by atoms with E-state index in [0.29, 0.717) is 11.7 Å². The highest BCUT2D eigenvalue weighted by Gasteiger charge is 2.23. The molecule has 4 rings (SSSR count). The fourth-order valence-corrected chi connectivity index (χ4v) is 4.92. The number of aromatic amines is 1. The number of thiophene rings is 1. The van der Waals surface area contributed by atoms with Gasteiger partial charge >= 0.3 is 0 Å². The second kappa shape index (κ2) is 6.77. The number of rotatable bonds is 5. The van der Waals surface area contributed by atoms with E-state index in [0.717, 1.165) is 48.2 Å². The van der Waals surface area contributed by atoms with Crippen molar-refractivity contribution < 1.29 is 4.42 Å². The molecule has 3 aromatic rings. The molecule has 0 aliphatic heterocycles. The Kier molecular flexibility index (Phi) is 4.48. The third kappa shape index (κ3) is 3.28. The minimum atomic E-state index is -0.00915. The normalized spacial score (nSPS) is 18.4. The van der Waals surface area contributed by atoms with E-state index in [1.54, 1.807) is 17.6 Å². The zero-order valence-corrected chi connectivity index (χ0v) is 15.4. The summed E-state index contributed by atoms with van der Waals surface area (Å²) in [5, 5.41) is 4.23. The number of furan rings is 1. The van der Waals surface area contributed by atoms with Crippen LogP contribution in [0.5, 0.6) is 0 Å². The van der Waals surface area contributed by atoms with E-state index in [1.165, 1.54) is 10.4 Å². The third-order valence-electron chi connectivity index (χ3n) is 5.00. The van der Waals surface area contributed by atoms with Crippen LogP contribution in [0.1, 0.15) is 48.3 Å². The number of hydrogen-bond acceptors (Lipinski definition) is 5. The van der Waals surface area contributed by atoms with Gasteiger partial charge in [0, 0.05) is 17.8 Å². The lowest BCUT2D eigenvalue weighted by Gasteiger charge is -2.17. The molecule has 0 radical (unpaired) electrons. The van der Waals surface area contributed by atoms with Gasteiger partial charge in [0.25, 0.3) is 5.56 Å². The van der Waals surface area contributed by atoms with Gasteiger partial charge in [-0.15, -0.1) is 11.3 Å². The Morgan fingerprint density at radius 3 is 3.20 bits per heavy atom. The molecule has 0 unspecified atom stereocenters. The van der Waals surface area contributed by atoms with Gasteiger partial charge in [0.15, 0.2) is 0 Å². The van der Waals surface area contributed by atoms with E-state index in [9.17, 15) is 4.79 Å². The van der Waals surface area contributed by atoms with Gasteiger partial charge in [-0.05, 0) is 49.8 Å². The maximum atomic E-state index is 12.6. The fourth-order valence-electron chi connectivity index (χ4n) is 3.53. The molecule has 3 heterocycles. The molecule has 0 bridgehead atoms. The molecule has 1 aliphatic carbocycles. The number of nitrogens with one attached hydrogen (secondary N) is 2. The SMILES string of the molecule is C[C@H]1CCc2c(sc3nc([C@@H](C)NCCc4ccco4)[nH]c(=O)c23)C1. The van der Waals surface area contributed by atoms with Crippen LogP contribution in [0.3, 0.4) is 0 Å². The molecule has 2 atom stereocenters. The van der Waals surface area contributed by atoms with Crippen LogP contribution in [0.15, 0.2) is 27.6 Å². The topological polar surface area (TPSA) is 70.9 Å². The summed E-state index contributed by atoms with van der Waals surface area (Å²) in [7, 11) is 0. The minimum Gasteiger partial charge on any atom is -0.469 e. The first kappa shape index (κ1) is 16.5. The lowest BCUT2D eigenvalue weighted by atomic mass is 9.89. The molecular formula is C19H23N3O2S. The van der Waals surface area contributed by atoms with Gasteiger partial charge < -0.3 is 14.7 Å². The van der Waals surface area contributed by atoms with Crippen molar-refractivity contribution in [1.29, 1.82) is 0 Å². The predicted molar refractivity (Wildman–Crippen MR) is 100 cm³/mol. The van der Waals surface area contributed by atoms with Crippen molar-refractivity contribution >= 4 is 21.6 Å². The number of aromatic nitrogens is 2. The maximum absolute atomic E-state index is 12.6. The average molecular weight is 357 g/mol. The Morgan fingerprint density at radius 1 is 1.52 bits per heavy atom. The summed E-state index contributed by atoms with van der Waals surface area (Å²) >= 11 is 1.70. The van der Waals surface area contributed by atoms with E-state index in [2.05, 4.69) is 17.2 Å². The quantitative estimate of drug-likeness (QED) is 0.732. The lowest BCUT2D eigenvalue weighted by Crippen LogP contribution is -2.25. The summed E-state index contributed by atoms with van der Waals surface area (Å²) in [4.78, 5) is 22.6. The first-order chi connectivity index (χ1) is 12.1. The second-order valence-electron chi connectivity index (χ2n) is 6.99. The Hall–Kier alpha value is -1.92. The first-order valence-corrected chi connectivity index (χ1v) is 9.73. The fraction of sp³-hybridized carbons (Fsp3) is 0.474. The van der Waals surface area contributed by atoms with Crippen LogP contribution in [-0.4, -0.2) is 16.5 Å². The summed E-state index contributed by atoms with van der Waals surface area (Å²) in [6.45, 7) is 5.08. The van der Waals surface area contributed by atoms with Gasteiger partial charge in [-0.25, -0.2) is 4.98 Å². The number of nitrogens with zero attached hydrogens (tertiary/aromatic N) is 1. The Labute approximate surface area is 150 Å². The van der Waals surface area contributed by atoms with Crippen molar-refractivity contribution in [2.75, 3.05) is 6.54 Å². The van der Waals surface area contributed by atoms with Gasteiger partial charge in [-0.2, -0.15) is 0 Å². The van der Waals surface area contributed by atoms with Gasteiger partial charge in [-0.3, -0.25) is 4.79 Å². The van der Waals surface area contributed by atoms with Crippen molar-refractivity contribution in [3.63, 3.8) is 0 Å². The Bertz CT molecular complexity index is 926. The standard InChI is InChI=1S/C19H23N3O2S/c1-11-5-6-14-15(10-11)25-19-16(14)18(23)21-17(22-19)12(2)20-8-7-13-4-3-9-24-13/h3-4,9,11-12,20H,5-8,10H2,1-2H3,(H,21,22,23)/t11-,12+/m0/s1. The Morgan fingerprint density at radius 2 is 2.40 bits per heavy atom. The van der Waals surface area contributed by atoms with Crippen molar-refractivity contribution in [2.24, 2.45) is 5.92 Å². The molecule has 0 amide bonds. The van der Waals surface area contributed by atoms with Gasteiger partial charge in [0.05, 0.1) is 17.7 Å². The van der Waals surface area contributed by atoms with Crippen LogP contribution in [0.4, 0.5) is 0 Å². The monoisotopic (exact) mass is 357 g/mol. The summed E-state index contributed by atoms with van der Waals surface area (Å²) in [6, 6.07) is 3.85. The van der Waals surface area contributed by atoms with E-state index in [-0.39, 0.29) is 11.6 Å². The summed E-state index contributed by atoms with van der Waals surface area (Å²) in [6.07, 6.45) is 5.73. The molecule has 0 saturated carbocycles. The summed E-state index contributed by atoms with van der Waals surface area (Å²) in [5.41, 5.74) is 1.24. The number of fused-ring (bicyclic) bond motifs is 3. The van der Waals surface area contributed by atoms with Gasteiger partial charge in [0.1, 0.15) is 16.4 Å². The number of aryl methyl sites for hydroxylation is 1. The molecule has 132 valence electrons. The molecule has 0 aromatic carbocycles. The van der Waals surface area contributed by atoms with E-state index < -0.39 is 0 Å². The second-order valence-corrected chi connectivity index (χ2v) is 8.07. The lowest BCUT2D eigenvalue weighted by molar-refractivity contribution is 0.480. The highest BCUT2D eigenvalue weighted by molar-refractivity contribution is 7.18. The molecular weight excluding hydrogens is 334 g/mol. The van der Waals surface area contributed by atoms with Crippen molar-refractivity contribution in [3.8, 4) is 0 Å². The Balaban J connectivity index is 1.55. The predicted octanol–water partition coefficient (Wildman–Crippen LogP) is 3.60. The molecule has 2 N–H and O–H groups in total. The van der Waals surface area contributed by atoms with Crippen LogP contribution >= 0.6 is 11.3 Å². The van der Waals surface area contributed by atoms with Crippen LogP contribution in [0, 0.1) is 5.92 Å². The summed E-state index contributed by atoms with van der Waals surface area (Å²) in [5.74, 6) is 2.36. The zero-order chi connectivity index (χ0) is 17.4. The largest absolute Gasteiger partial charge is 0.469 e. The van der Waals surface area contributed by atoms with Crippen LogP contribution in [0.2, 0.25) is 0 Å². The first-order valence-electron chi connectivity index (χ1n) is 8.92. The third-order valence-corrected chi connectivity index (χ3v) is 6.14.